The number of hydrogen-bond donors (Lipinski definition) is 1. The van der Waals surface area contributed by atoms with Crippen LogP contribution in [0.15, 0.2) is 12.1 Å². The number of rotatable bonds is 3. The van der Waals surface area contributed by atoms with Gasteiger partial charge in [0.25, 0.3) is 0 Å². The van der Waals surface area contributed by atoms with Crippen molar-refractivity contribution in [2.45, 2.75) is 12.8 Å². The molecule has 0 bridgehead atoms. The second-order valence-electron chi connectivity index (χ2n) is 4.63. The predicted octanol–water partition coefficient (Wildman–Crippen LogP) is 2.08. The highest BCUT2D eigenvalue weighted by molar-refractivity contribution is 5.53. The minimum absolute atomic E-state index is 0.0412. The molecule has 0 unspecified atom stereocenters. The van der Waals surface area contributed by atoms with Crippen molar-refractivity contribution in [3.05, 3.63) is 33.9 Å². The minimum Gasteiger partial charge on any atom is -0.396 e. The van der Waals surface area contributed by atoms with Crippen LogP contribution in [0.1, 0.15) is 12.8 Å². The van der Waals surface area contributed by atoms with Gasteiger partial charge in [0, 0.05) is 25.8 Å². The summed E-state index contributed by atoms with van der Waals surface area (Å²) in [4.78, 5) is 11.2. The van der Waals surface area contributed by atoms with E-state index in [4.69, 9.17) is 5.11 Å². The Balaban J connectivity index is 2.22. The van der Waals surface area contributed by atoms with Crippen LogP contribution in [0.5, 0.6) is 0 Å². The third-order valence-corrected chi connectivity index (χ3v) is 3.43. The number of anilines is 1. The van der Waals surface area contributed by atoms with Crippen molar-refractivity contribution in [1.82, 2.24) is 0 Å². The molecule has 0 radical (unpaired) electrons. The highest BCUT2D eigenvalue weighted by atomic mass is 19.1. The Labute approximate surface area is 108 Å². The molecule has 7 heteroatoms. The first-order valence-corrected chi connectivity index (χ1v) is 6.02. The number of hydrogen-bond acceptors (Lipinski definition) is 4. The van der Waals surface area contributed by atoms with Crippen LogP contribution in [-0.2, 0) is 0 Å². The Morgan fingerprint density at radius 3 is 2.47 bits per heavy atom. The standard InChI is InChI=1S/C12H14F2N2O3/c13-9-6-12(16(18)19)10(14)5-11(9)15-3-1-8(7-17)2-4-15/h5-6,8,17H,1-4,7H2. The van der Waals surface area contributed by atoms with E-state index in [9.17, 15) is 18.9 Å². The first-order chi connectivity index (χ1) is 9.02. The van der Waals surface area contributed by atoms with E-state index in [1.165, 1.54) is 0 Å². The molecule has 19 heavy (non-hydrogen) atoms. The third-order valence-electron chi connectivity index (χ3n) is 3.43. The second-order valence-corrected chi connectivity index (χ2v) is 4.63. The summed E-state index contributed by atoms with van der Waals surface area (Å²) in [5.74, 6) is -1.65. The van der Waals surface area contributed by atoms with Gasteiger partial charge in [-0.05, 0) is 18.8 Å². The van der Waals surface area contributed by atoms with Gasteiger partial charge in [-0.3, -0.25) is 10.1 Å². The topological polar surface area (TPSA) is 66.6 Å². The zero-order valence-corrected chi connectivity index (χ0v) is 10.2. The zero-order chi connectivity index (χ0) is 14.0. The van der Waals surface area contributed by atoms with Gasteiger partial charge in [-0.2, -0.15) is 4.39 Å². The molecule has 0 aliphatic carbocycles. The van der Waals surface area contributed by atoms with E-state index in [0.29, 0.717) is 32.0 Å². The van der Waals surface area contributed by atoms with Gasteiger partial charge in [-0.1, -0.05) is 0 Å². The van der Waals surface area contributed by atoms with Gasteiger partial charge < -0.3 is 10.0 Å². The highest BCUT2D eigenvalue weighted by Gasteiger charge is 2.24. The smallest absolute Gasteiger partial charge is 0.307 e. The lowest BCUT2D eigenvalue weighted by Crippen LogP contribution is -2.35. The van der Waals surface area contributed by atoms with Crippen molar-refractivity contribution in [2.75, 3.05) is 24.6 Å². The van der Waals surface area contributed by atoms with Crippen LogP contribution in [0.2, 0.25) is 0 Å². The molecule has 1 saturated heterocycles. The Morgan fingerprint density at radius 2 is 1.95 bits per heavy atom. The lowest BCUT2D eigenvalue weighted by Gasteiger charge is -2.32. The number of nitro groups is 1. The fourth-order valence-corrected chi connectivity index (χ4v) is 2.26. The number of aliphatic hydroxyl groups is 1. The molecule has 0 aromatic heterocycles. The summed E-state index contributed by atoms with van der Waals surface area (Å²) in [5, 5.41) is 19.5. The SMILES string of the molecule is O=[N+]([O-])c1cc(F)c(N2CCC(CO)CC2)cc1F. The van der Waals surface area contributed by atoms with Crippen molar-refractivity contribution in [3.8, 4) is 0 Å². The maximum absolute atomic E-state index is 13.8. The van der Waals surface area contributed by atoms with Gasteiger partial charge in [0.05, 0.1) is 16.7 Å². The predicted molar refractivity (Wildman–Crippen MR) is 65.0 cm³/mol. The molecule has 1 heterocycles. The fraction of sp³-hybridized carbons (Fsp3) is 0.500. The summed E-state index contributed by atoms with van der Waals surface area (Å²) >= 11 is 0. The molecule has 104 valence electrons. The third kappa shape index (κ3) is 2.81. The Bertz CT molecular complexity index is 488. The molecule has 0 atom stereocenters. The number of aliphatic hydroxyl groups excluding tert-OH is 1. The molecular formula is C12H14F2N2O3. The highest BCUT2D eigenvalue weighted by Crippen LogP contribution is 2.30. The first kappa shape index (κ1) is 13.7. The van der Waals surface area contributed by atoms with Crippen molar-refractivity contribution >= 4 is 11.4 Å². The molecule has 2 rings (SSSR count). The monoisotopic (exact) mass is 272 g/mol. The second kappa shape index (κ2) is 5.48. The van der Waals surface area contributed by atoms with E-state index >= 15 is 0 Å². The molecule has 0 spiro atoms. The molecule has 5 nitrogen and oxygen atoms in total. The lowest BCUT2D eigenvalue weighted by atomic mass is 9.97. The van der Waals surface area contributed by atoms with Crippen molar-refractivity contribution in [2.24, 2.45) is 5.92 Å². The Hall–Kier alpha value is -1.76. The van der Waals surface area contributed by atoms with Crippen molar-refractivity contribution in [1.29, 1.82) is 0 Å². The summed E-state index contributed by atoms with van der Waals surface area (Å²) in [6.07, 6.45) is 1.38. The largest absolute Gasteiger partial charge is 0.396 e. The van der Waals surface area contributed by atoms with Gasteiger partial charge in [0.2, 0.25) is 5.82 Å². The summed E-state index contributed by atoms with van der Waals surface area (Å²) in [5.41, 5.74) is -0.814. The number of piperidine rings is 1. The van der Waals surface area contributed by atoms with Crippen LogP contribution in [-0.4, -0.2) is 29.7 Å². The number of halogens is 2. The molecular weight excluding hydrogens is 258 g/mol. The van der Waals surface area contributed by atoms with Crippen molar-refractivity contribution < 1.29 is 18.8 Å². The van der Waals surface area contributed by atoms with E-state index < -0.39 is 22.2 Å². The van der Waals surface area contributed by atoms with E-state index in [1.807, 2.05) is 0 Å². The molecule has 1 N–H and O–H groups in total. The molecule has 1 fully saturated rings. The van der Waals surface area contributed by atoms with Crippen LogP contribution < -0.4 is 4.90 Å². The van der Waals surface area contributed by atoms with Crippen LogP contribution in [0.3, 0.4) is 0 Å². The van der Waals surface area contributed by atoms with Crippen LogP contribution >= 0.6 is 0 Å². The van der Waals surface area contributed by atoms with Gasteiger partial charge >= 0.3 is 5.69 Å². The quantitative estimate of drug-likeness (QED) is 0.675. The molecule has 0 saturated carbocycles. The van der Waals surface area contributed by atoms with Crippen molar-refractivity contribution in [3.63, 3.8) is 0 Å². The summed E-state index contributed by atoms with van der Waals surface area (Å²) in [6, 6.07) is 1.48. The normalized spacial score (nSPS) is 16.7. The maximum Gasteiger partial charge on any atom is 0.307 e. The first-order valence-electron chi connectivity index (χ1n) is 6.02. The molecule has 1 aromatic carbocycles. The van der Waals surface area contributed by atoms with Crippen LogP contribution in [0.4, 0.5) is 20.2 Å². The van der Waals surface area contributed by atoms with E-state index in [2.05, 4.69) is 0 Å². The van der Waals surface area contributed by atoms with Gasteiger partial charge in [0.15, 0.2) is 5.82 Å². The van der Waals surface area contributed by atoms with E-state index in [-0.39, 0.29) is 18.2 Å². The Morgan fingerprint density at radius 1 is 1.32 bits per heavy atom. The van der Waals surface area contributed by atoms with E-state index in [1.54, 1.807) is 4.90 Å². The summed E-state index contributed by atoms with van der Waals surface area (Å²) in [7, 11) is 0. The zero-order valence-electron chi connectivity index (χ0n) is 10.2. The summed E-state index contributed by atoms with van der Waals surface area (Å²) in [6.45, 7) is 1.09. The average Bonchev–Trinajstić information content (AvgIpc) is 2.41. The number of nitro benzene ring substituents is 1. The Kier molecular flexibility index (Phi) is 3.94. The number of nitrogens with zero attached hydrogens (tertiary/aromatic N) is 2. The van der Waals surface area contributed by atoms with Crippen LogP contribution in [0, 0.1) is 27.7 Å². The minimum atomic E-state index is -1.04. The molecule has 1 aromatic rings. The number of benzene rings is 1. The average molecular weight is 272 g/mol. The fourth-order valence-electron chi connectivity index (χ4n) is 2.26. The van der Waals surface area contributed by atoms with Crippen LogP contribution in [0.25, 0.3) is 0 Å². The van der Waals surface area contributed by atoms with Gasteiger partial charge in [-0.15, -0.1) is 0 Å². The molecule has 0 amide bonds. The molecule has 1 aliphatic rings. The van der Waals surface area contributed by atoms with Gasteiger partial charge in [0.1, 0.15) is 0 Å². The lowest BCUT2D eigenvalue weighted by molar-refractivity contribution is -0.387. The molecule has 1 aliphatic heterocycles. The van der Waals surface area contributed by atoms with Gasteiger partial charge in [-0.25, -0.2) is 4.39 Å². The summed E-state index contributed by atoms with van der Waals surface area (Å²) < 4.78 is 27.3. The maximum atomic E-state index is 13.8. The van der Waals surface area contributed by atoms with E-state index in [0.717, 1.165) is 6.07 Å².